The van der Waals surface area contributed by atoms with Crippen LogP contribution in [0.1, 0.15) is 54.1 Å². The molecule has 2 amide bonds. The first-order valence-corrected chi connectivity index (χ1v) is 11.9. The molecule has 1 heterocycles. The number of benzene rings is 3. The number of rotatable bonds is 6. The summed E-state index contributed by atoms with van der Waals surface area (Å²) in [5.41, 5.74) is 6.35. The molecule has 1 aliphatic heterocycles. The number of amides is 2. The molecule has 2 unspecified atom stereocenters. The zero-order valence-electron chi connectivity index (χ0n) is 20.3. The van der Waals surface area contributed by atoms with Gasteiger partial charge in [0.15, 0.2) is 6.10 Å². The van der Waals surface area contributed by atoms with Crippen molar-refractivity contribution in [1.29, 1.82) is 0 Å². The van der Waals surface area contributed by atoms with Crippen LogP contribution in [0, 0.1) is 13.8 Å². The molecular weight excluding hydrogens is 424 g/mol. The summed E-state index contributed by atoms with van der Waals surface area (Å²) in [5, 5.41) is 2.92. The topological polar surface area (TPSA) is 58.6 Å². The van der Waals surface area contributed by atoms with E-state index >= 15 is 0 Å². The zero-order chi connectivity index (χ0) is 24.2. The maximum Gasteiger partial charge on any atom is 0.265 e. The summed E-state index contributed by atoms with van der Waals surface area (Å²) in [7, 11) is 0. The summed E-state index contributed by atoms with van der Waals surface area (Å²) in [6.45, 7) is 8.38. The number of nitrogens with one attached hydrogen (secondary N) is 1. The minimum Gasteiger partial charge on any atom is -0.481 e. The molecule has 0 spiro atoms. The fraction of sp³-hybridized carbons (Fsp3) is 0.310. The minimum absolute atomic E-state index is 0.133. The monoisotopic (exact) mass is 456 g/mol. The van der Waals surface area contributed by atoms with Crippen LogP contribution in [0.2, 0.25) is 0 Å². The lowest BCUT2D eigenvalue weighted by Crippen LogP contribution is -2.40. The van der Waals surface area contributed by atoms with Crippen LogP contribution in [0.3, 0.4) is 0 Å². The lowest BCUT2D eigenvalue weighted by Gasteiger charge is -2.38. The highest BCUT2D eigenvalue weighted by Crippen LogP contribution is 2.37. The van der Waals surface area contributed by atoms with Crippen LogP contribution in [0.15, 0.2) is 66.7 Å². The Morgan fingerprint density at radius 2 is 1.79 bits per heavy atom. The van der Waals surface area contributed by atoms with Crippen molar-refractivity contribution >= 4 is 17.5 Å². The lowest BCUT2D eigenvalue weighted by atomic mass is 9.87. The molecule has 2 atom stereocenters. The van der Waals surface area contributed by atoms with Gasteiger partial charge in [0.25, 0.3) is 5.91 Å². The summed E-state index contributed by atoms with van der Waals surface area (Å²) >= 11 is 0. The Morgan fingerprint density at radius 3 is 2.50 bits per heavy atom. The van der Waals surface area contributed by atoms with E-state index in [-0.39, 0.29) is 17.9 Å². The molecule has 176 valence electrons. The number of nitrogens with zero attached hydrogens (tertiary/aromatic N) is 1. The van der Waals surface area contributed by atoms with Gasteiger partial charge in [0.2, 0.25) is 5.91 Å². The van der Waals surface area contributed by atoms with Crippen LogP contribution < -0.4 is 10.1 Å². The Morgan fingerprint density at radius 1 is 1.03 bits per heavy atom. The second-order valence-electron chi connectivity index (χ2n) is 8.98. The molecular formula is C29H32N2O3. The van der Waals surface area contributed by atoms with Crippen LogP contribution in [-0.2, 0) is 16.0 Å². The van der Waals surface area contributed by atoms with Crippen LogP contribution in [0.5, 0.6) is 5.75 Å². The number of hydrogen-bond acceptors (Lipinski definition) is 3. The average Bonchev–Trinajstić information content (AvgIpc) is 2.83. The maximum absolute atomic E-state index is 12.8. The molecule has 3 aromatic rings. The third kappa shape index (κ3) is 5.14. The number of ether oxygens (including phenoxy) is 1. The van der Waals surface area contributed by atoms with Crippen LogP contribution >= 0.6 is 0 Å². The zero-order valence-corrected chi connectivity index (χ0v) is 20.3. The first-order chi connectivity index (χ1) is 16.4. The predicted molar refractivity (Wildman–Crippen MR) is 135 cm³/mol. The largest absolute Gasteiger partial charge is 0.481 e. The van der Waals surface area contributed by atoms with Crippen molar-refractivity contribution < 1.29 is 14.3 Å². The fourth-order valence-corrected chi connectivity index (χ4v) is 4.47. The molecule has 0 saturated heterocycles. The van der Waals surface area contributed by atoms with E-state index in [1.54, 1.807) is 6.92 Å². The van der Waals surface area contributed by atoms with Gasteiger partial charge >= 0.3 is 0 Å². The van der Waals surface area contributed by atoms with E-state index in [0.717, 1.165) is 28.8 Å². The Balaban J connectivity index is 1.60. The Labute approximate surface area is 201 Å². The Kier molecular flexibility index (Phi) is 7.01. The second-order valence-corrected chi connectivity index (χ2v) is 8.98. The molecule has 0 radical (unpaired) electrons. The van der Waals surface area contributed by atoms with Crippen molar-refractivity contribution in [3.8, 4) is 5.75 Å². The molecule has 1 N–H and O–H groups in total. The summed E-state index contributed by atoms with van der Waals surface area (Å²) in [6.07, 6.45) is 0.588. The first kappa shape index (κ1) is 23.6. The number of fused-ring (bicyclic) bond motifs is 1. The third-order valence-electron chi connectivity index (χ3n) is 6.33. The summed E-state index contributed by atoms with van der Waals surface area (Å²) < 4.78 is 6.05. The van der Waals surface area contributed by atoms with Gasteiger partial charge in [-0.2, -0.15) is 0 Å². The molecule has 0 saturated carbocycles. The van der Waals surface area contributed by atoms with Crippen LogP contribution in [0.4, 0.5) is 5.69 Å². The van der Waals surface area contributed by atoms with Gasteiger partial charge in [-0.1, -0.05) is 55.0 Å². The Bertz CT molecular complexity index is 1190. The normalized spacial score (nSPS) is 15.9. The van der Waals surface area contributed by atoms with Gasteiger partial charge in [-0.25, -0.2) is 0 Å². The molecule has 5 heteroatoms. The van der Waals surface area contributed by atoms with E-state index in [0.29, 0.717) is 18.7 Å². The van der Waals surface area contributed by atoms with Crippen molar-refractivity contribution in [3.05, 3.63) is 94.5 Å². The second kappa shape index (κ2) is 10.1. The molecule has 0 aliphatic carbocycles. The summed E-state index contributed by atoms with van der Waals surface area (Å²) in [6, 6.07) is 21.8. The van der Waals surface area contributed by atoms with Gasteiger partial charge < -0.3 is 15.0 Å². The predicted octanol–water partition coefficient (Wildman–Crippen LogP) is 5.59. The van der Waals surface area contributed by atoms with Crippen molar-refractivity contribution in [2.45, 2.75) is 52.7 Å². The van der Waals surface area contributed by atoms with E-state index in [4.69, 9.17) is 4.74 Å². The van der Waals surface area contributed by atoms with Gasteiger partial charge in [-0.05, 0) is 73.7 Å². The maximum atomic E-state index is 12.8. The number of carbonyl (C=O) groups excluding carboxylic acids is 2. The average molecular weight is 457 g/mol. The van der Waals surface area contributed by atoms with E-state index in [2.05, 4.69) is 42.6 Å². The standard InChI is InChI=1S/C29H32N2O3/c1-5-27(32)31-16-15-22-13-14-25(18-26(22)28(31)23-11-9-19(2)10-12-23)34-21(4)29(33)30-24-8-6-7-20(3)17-24/h6-14,17-18,21,28H,5,15-16H2,1-4H3,(H,30,33). The summed E-state index contributed by atoms with van der Waals surface area (Å²) in [4.78, 5) is 27.5. The van der Waals surface area contributed by atoms with Crippen molar-refractivity contribution in [1.82, 2.24) is 4.90 Å². The van der Waals surface area contributed by atoms with E-state index in [1.807, 2.05) is 55.1 Å². The van der Waals surface area contributed by atoms with Crippen LogP contribution in [-0.4, -0.2) is 29.4 Å². The highest BCUT2D eigenvalue weighted by atomic mass is 16.5. The first-order valence-electron chi connectivity index (χ1n) is 11.9. The molecule has 0 fully saturated rings. The highest BCUT2D eigenvalue weighted by Gasteiger charge is 2.32. The summed E-state index contributed by atoms with van der Waals surface area (Å²) in [5.74, 6) is 0.545. The lowest BCUT2D eigenvalue weighted by molar-refractivity contribution is -0.133. The molecule has 4 rings (SSSR count). The van der Waals surface area contributed by atoms with Crippen molar-refractivity contribution in [2.24, 2.45) is 0 Å². The number of hydrogen-bond donors (Lipinski definition) is 1. The number of carbonyl (C=O) groups is 2. The number of anilines is 1. The van der Waals surface area contributed by atoms with Gasteiger partial charge in [0.1, 0.15) is 5.75 Å². The fourth-order valence-electron chi connectivity index (χ4n) is 4.47. The SMILES string of the molecule is CCC(=O)N1CCc2ccc(OC(C)C(=O)Nc3cccc(C)c3)cc2C1c1ccc(C)cc1. The smallest absolute Gasteiger partial charge is 0.265 e. The van der Waals surface area contributed by atoms with E-state index in [9.17, 15) is 9.59 Å². The minimum atomic E-state index is -0.673. The Hall–Kier alpha value is -3.60. The van der Waals surface area contributed by atoms with E-state index < -0.39 is 6.10 Å². The molecule has 0 aromatic heterocycles. The quantitative estimate of drug-likeness (QED) is 0.526. The van der Waals surface area contributed by atoms with E-state index in [1.165, 1.54) is 11.1 Å². The molecule has 3 aromatic carbocycles. The van der Waals surface area contributed by atoms with Gasteiger partial charge in [-0.15, -0.1) is 0 Å². The third-order valence-corrected chi connectivity index (χ3v) is 6.33. The molecule has 0 bridgehead atoms. The molecule has 34 heavy (non-hydrogen) atoms. The number of aryl methyl sites for hydroxylation is 2. The van der Waals surface area contributed by atoms with Crippen LogP contribution in [0.25, 0.3) is 0 Å². The molecule has 1 aliphatic rings. The van der Waals surface area contributed by atoms with Crippen molar-refractivity contribution in [2.75, 3.05) is 11.9 Å². The highest BCUT2D eigenvalue weighted by molar-refractivity contribution is 5.94. The van der Waals surface area contributed by atoms with Gasteiger partial charge in [-0.3, -0.25) is 9.59 Å². The van der Waals surface area contributed by atoms with Gasteiger partial charge in [0.05, 0.1) is 6.04 Å². The van der Waals surface area contributed by atoms with Crippen molar-refractivity contribution in [3.63, 3.8) is 0 Å². The van der Waals surface area contributed by atoms with Gasteiger partial charge in [0, 0.05) is 18.7 Å². The molecule has 5 nitrogen and oxygen atoms in total.